The van der Waals surface area contributed by atoms with E-state index in [-0.39, 0.29) is 18.3 Å². The predicted molar refractivity (Wildman–Crippen MR) is 93.2 cm³/mol. The van der Waals surface area contributed by atoms with E-state index in [0.29, 0.717) is 12.3 Å². The Morgan fingerprint density at radius 1 is 1.08 bits per heavy atom. The van der Waals surface area contributed by atoms with Crippen LogP contribution in [0.4, 0.5) is 5.69 Å². The fraction of sp³-hybridized carbons (Fsp3) is 0.300. The summed E-state index contributed by atoms with van der Waals surface area (Å²) in [7, 11) is 0. The molecule has 1 amide bonds. The van der Waals surface area contributed by atoms with Crippen LogP contribution in [0.3, 0.4) is 0 Å². The Labute approximate surface area is 142 Å². The van der Waals surface area contributed by atoms with Crippen LogP contribution >= 0.6 is 0 Å². The van der Waals surface area contributed by atoms with E-state index >= 15 is 0 Å². The first-order valence-electron chi connectivity index (χ1n) is 8.10. The van der Waals surface area contributed by atoms with Crippen LogP contribution in [-0.2, 0) is 9.59 Å². The van der Waals surface area contributed by atoms with E-state index in [4.69, 9.17) is 4.74 Å². The van der Waals surface area contributed by atoms with Gasteiger partial charge in [0.25, 0.3) is 0 Å². The average Bonchev–Trinajstić information content (AvgIpc) is 2.88. The van der Waals surface area contributed by atoms with Crippen molar-refractivity contribution in [3.63, 3.8) is 0 Å². The molecule has 1 fully saturated rings. The summed E-state index contributed by atoms with van der Waals surface area (Å²) in [5.41, 5.74) is 3.97. The molecule has 0 radical (unpaired) electrons. The molecule has 0 N–H and O–H groups in total. The van der Waals surface area contributed by atoms with E-state index in [1.807, 2.05) is 63.2 Å². The Balaban J connectivity index is 1.73. The second kappa shape index (κ2) is 6.48. The number of amides is 1. The van der Waals surface area contributed by atoms with Crippen LogP contribution in [0.15, 0.2) is 42.5 Å². The number of carbonyl (C=O) groups excluding carboxylic acids is 2. The number of rotatable bonds is 3. The molecule has 2 aromatic rings. The van der Waals surface area contributed by atoms with Gasteiger partial charge in [0.2, 0.25) is 5.91 Å². The predicted octanol–water partition coefficient (Wildman–Crippen LogP) is 3.57. The number of nitrogens with zero attached hydrogens (tertiary/aromatic N) is 1. The molecule has 1 aliphatic heterocycles. The highest BCUT2D eigenvalue weighted by atomic mass is 16.5. The molecule has 1 heterocycles. The van der Waals surface area contributed by atoms with Crippen molar-refractivity contribution in [1.29, 1.82) is 0 Å². The molecule has 24 heavy (non-hydrogen) atoms. The van der Waals surface area contributed by atoms with Gasteiger partial charge in [-0.1, -0.05) is 24.3 Å². The van der Waals surface area contributed by atoms with Crippen molar-refractivity contribution in [2.45, 2.75) is 27.2 Å². The molecule has 0 aromatic heterocycles. The van der Waals surface area contributed by atoms with E-state index in [2.05, 4.69) is 0 Å². The van der Waals surface area contributed by atoms with Crippen LogP contribution in [-0.4, -0.2) is 18.4 Å². The second-order valence-electron chi connectivity index (χ2n) is 6.44. The van der Waals surface area contributed by atoms with Crippen LogP contribution in [0.5, 0.6) is 5.75 Å². The first kappa shape index (κ1) is 16.2. The standard InChI is InChI=1S/C20H21NO3/c1-13-8-14(2)10-17(9-13)24-20(23)16-11-19(22)21(12-16)18-7-5-4-6-15(18)3/h4-10,16H,11-12H2,1-3H3/t16-/m1/s1. The molecule has 3 rings (SSSR count). The number of para-hydroxylation sites is 1. The van der Waals surface area contributed by atoms with Gasteiger partial charge in [-0.15, -0.1) is 0 Å². The van der Waals surface area contributed by atoms with Crippen LogP contribution in [0, 0.1) is 26.7 Å². The number of benzene rings is 2. The Hall–Kier alpha value is -2.62. The van der Waals surface area contributed by atoms with Gasteiger partial charge in [-0.3, -0.25) is 9.59 Å². The highest BCUT2D eigenvalue weighted by molar-refractivity contribution is 6.00. The zero-order valence-corrected chi connectivity index (χ0v) is 14.2. The van der Waals surface area contributed by atoms with E-state index in [9.17, 15) is 9.59 Å². The Morgan fingerprint density at radius 2 is 1.75 bits per heavy atom. The minimum absolute atomic E-state index is 0.0355. The van der Waals surface area contributed by atoms with Crippen LogP contribution in [0.25, 0.3) is 0 Å². The summed E-state index contributed by atoms with van der Waals surface area (Å²) in [5, 5.41) is 0. The molecule has 124 valence electrons. The van der Waals surface area contributed by atoms with Crippen molar-refractivity contribution in [2.24, 2.45) is 5.92 Å². The lowest BCUT2D eigenvalue weighted by atomic mass is 10.1. The summed E-state index contributed by atoms with van der Waals surface area (Å²) in [6.07, 6.45) is 0.192. The largest absolute Gasteiger partial charge is 0.426 e. The first-order chi connectivity index (χ1) is 11.4. The molecule has 2 aromatic carbocycles. The molecule has 0 bridgehead atoms. The fourth-order valence-corrected chi connectivity index (χ4v) is 3.16. The van der Waals surface area contributed by atoms with Gasteiger partial charge in [0.1, 0.15) is 5.75 Å². The first-order valence-corrected chi connectivity index (χ1v) is 8.10. The lowest BCUT2D eigenvalue weighted by Gasteiger charge is -2.18. The number of hydrogen-bond acceptors (Lipinski definition) is 3. The van der Waals surface area contributed by atoms with Gasteiger partial charge in [0.15, 0.2) is 0 Å². The van der Waals surface area contributed by atoms with Gasteiger partial charge in [0.05, 0.1) is 5.92 Å². The van der Waals surface area contributed by atoms with Crippen molar-refractivity contribution in [1.82, 2.24) is 0 Å². The van der Waals surface area contributed by atoms with Crippen LogP contribution < -0.4 is 9.64 Å². The molecule has 0 saturated carbocycles. The second-order valence-corrected chi connectivity index (χ2v) is 6.44. The maximum atomic E-state index is 12.4. The molecule has 1 saturated heterocycles. The fourth-order valence-electron chi connectivity index (χ4n) is 3.16. The van der Waals surface area contributed by atoms with Gasteiger partial charge in [0, 0.05) is 18.7 Å². The number of carbonyl (C=O) groups is 2. The number of esters is 1. The van der Waals surface area contributed by atoms with Crippen molar-refractivity contribution in [2.75, 3.05) is 11.4 Å². The quantitative estimate of drug-likeness (QED) is 0.641. The number of aryl methyl sites for hydroxylation is 3. The number of ether oxygens (including phenoxy) is 1. The number of anilines is 1. The summed E-state index contributed by atoms with van der Waals surface area (Å²) in [6.45, 7) is 6.25. The van der Waals surface area contributed by atoms with Gasteiger partial charge in [-0.25, -0.2) is 0 Å². The van der Waals surface area contributed by atoms with Crippen molar-refractivity contribution >= 4 is 17.6 Å². The van der Waals surface area contributed by atoms with Gasteiger partial charge < -0.3 is 9.64 Å². The third-order valence-corrected chi connectivity index (χ3v) is 4.28. The van der Waals surface area contributed by atoms with Crippen molar-refractivity contribution < 1.29 is 14.3 Å². The zero-order valence-electron chi connectivity index (χ0n) is 14.2. The summed E-state index contributed by atoms with van der Waals surface area (Å²) >= 11 is 0. The highest BCUT2D eigenvalue weighted by Gasteiger charge is 2.36. The average molecular weight is 323 g/mol. The molecule has 0 spiro atoms. The Morgan fingerprint density at radius 3 is 2.42 bits per heavy atom. The molecule has 1 aliphatic rings. The highest BCUT2D eigenvalue weighted by Crippen LogP contribution is 2.29. The van der Waals surface area contributed by atoms with Crippen LogP contribution in [0.2, 0.25) is 0 Å². The molecular formula is C20H21NO3. The molecule has 0 unspecified atom stereocenters. The lowest BCUT2D eigenvalue weighted by Crippen LogP contribution is -2.27. The summed E-state index contributed by atoms with van der Waals surface area (Å²) in [6, 6.07) is 13.4. The minimum Gasteiger partial charge on any atom is -0.426 e. The summed E-state index contributed by atoms with van der Waals surface area (Å²) in [5.74, 6) is -0.270. The molecule has 1 atom stereocenters. The Kier molecular flexibility index (Phi) is 4.38. The zero-order chi connectivity index (χ0) is 17.3. The number of hydrogen-bond donors (Lipinski definition) is 0. The normalized spacial score (nSPS) is 17.2. The lowest BCUT2D eigenvalue weighted by molar-refractivity contribution is -0.139. The molecular weight excluding hydrogens is 302 g/mol. The smallest absolute Gasteiger partial charge is 0.316 e. The third-order valence-electron chi connectivity index (χ3n) is 4.28. The molecule has 4 nitrogen and oxygen atoms in total. The van der Waals surface area contributed by atoms with E-state index in [1.165, 1.54) is 0 Å². The maximum Gasteiger partial charge on any atom is 0.316 e. The van der Waals surface area contributed by atoms with Gasteiger partial charge in [-0.2, -0.15) is 0 Å². The summed E-state index contributed by atoms with van der Waals surface area (Å²) < 4.78 is 5.50. The van der Waals surface area contributed by atoms with E-state index in [0.717, 1.165) is 22.4 Å². The monoisotopic (exact) mass is 323 g/mol. The topological polar surface area (TPSA) is 46.6 Å². The van der Waals surface area contributed by atoms with E-state index < -0.39 is 5.92 Å². The van der Waals surface area contributed by atoms with E-state index in [1.54, 1.807) is 4.90 Å². The molecule has 4 heteroatoms. The van der Waals surface area contributed by atoms with Crippen molar-refractivity contribution in [3.8, 4) is 5.75 Å². The SMILES string of the molecule is Cc1cc(C)cc(OC(=O)[C@@H]2CC(=O)N(c3ccccc3C)C2)c1. The van der Waals surface area contributed by atoms with Gasteiger partial charge in [-0.05, 0) is 55.7 Å². The molecule has 0 aliphatic carbocycles. The summed E-state index contributed by atoms with van der Waals surface area (Å²) in [4.78, 5) is 26.4. The Bertz CT molecular complexity index is 777. The minimum atomic E-state index is -0.432. The van der Waals surface area contributed by atoms with Crippen LogP contribution in [0.1, 0.15) is 23.1 Å². The third kappa shape index (κ3) is 3.32. The van der Waals surface area contributed by atoms with Gasteiger partial charge >= 0.3 is 5.97 Å². The maximum absolute atomic E-state index is 12.4. The van der Waals surface area contributed by atoms with Crippen molar-refractivity contribution in [3.05, 3.63) is 59.2 Å².